The highest BCUT2D eigenvalue weighted by Crippen LogP contribution is 1.97. The number of Topliss-reactive ketones (excluding diaryl/α,β-unsaturated/α-hetero) is 2. The summed E-state index contributed by atoms with van der Waals surface area (Å²) in [7, 11) is 2.70. The van der Waals surface area contributed by atoms with Gasteiger partial charge in [0.15, 0.2) is 0 Å². The Morgan fingerprint density at radius 1 is 0.750 bits per heavy atom. The lowest BCUT2D eigenvalue weighted by molar-refractivity contribution is -0.142. The van der Waals surface area contributed by atoms with E-state index < -0.39 is 23.4 Å². The molecule has 0 aromatic carbocycles. The van der Waals surface area contributed by atoms with E-state index in [1.807, 2.05) is 0 Å². The van der Waals surface area contributed by atoms with E-state index >= 15 is 0 Å². The number of halogens is 2. The molecule has 0 aliphatic rings. The molecule has 0 aliphatic carbocycles. The van der Waals surface area contributed by atoms with Crippen LogP contribution >= 0.6 is 31.9 Å². The topological polar surface area (TPSA) is 124 Å². The van der Waals surface area contributed by atoms with Crippen LogP contribution in [0.4, 0.5) is 0 Å². The first-order chi connectivity index (χ1) is 11.3. The van der Waals surface area contributed by atoms with E-state index in [2.05, 4.69) is 52.5 Å². The van der Waals surface area contributed by atoms with Crippen LogP contribution in [0.15, 0.2) is 20.7 Å². The lowest BCUT2D eigenvalue weighted by Crippen LogP contribution is -2.29. The molecular formula is C12H18Br2N6O4. The van der Waals surface area contributed by atoms with Crippen LogP contribution in [0.3, 0.4) is 0 Å². The van der Waals surface area contributed by atoms with Gasteiger partial charge in [-0.1, -0.05) is 42.3 Å². The first kappa shape index (κ1) is 22.4. The number of unbranched alkanes of at least 4 members (excludes halogenated alkanes) is 1. The standard InChI is InChI=1S/C12H18Br2N6O4/c1-19(11(23)9(21)7-13)17-15-5-3-4-6-16-18-20(2)12(24)10(22)8-14/h3-8H2,1-2H3. The van der Waals surface area contributed by atoms with Gasteiger partial charge in [0.2, 0.25) is 11.6 Å². The van der Waals surface area contributed by atoms with Crippen molar-refractivity contribution in [3.8, 4) is 0 Å². The van der Waals surface area contributed by atoms with Crippen molar-refractivity contribution in [3.05, 3.63) is 0 Å². The average molecular weight is 470 g/mol. The number of ketones is 2. The highest BCUT2D eigenvalue weighted by Gasteiger charge is 2.17. The van der Waals surface area contributed by atoms with Crippen molar-refractivity contribution < 1.29 is 19.2 Å². The van der Waals surface area contributed by atoms with E-state index in [1.165, 1.54) is 14.1 Å². The van der Waals surface area contributed by atoms with Crippen molar-refractivity contribution >= 4 is 55.2 Å². The van der Waals surface area contributed by atoms with Crippen molar-refractivity contribution in [2.45, 2.75) is 12.8 Å². The second-order valence-electron chi connectivity index (χ2n) is 4.39. The summed E-state index contributed by atoms with van der Waals surface area (Å²) in [5.74, 6) is -2.69. The molecule has 0 N–H and O–H groups in total. The molecule has 0 saturated heterocycles. The molecule has 0 aromatic heterocycles. The van der Waals surface area contributed by atoms with Crippen LogP contribution in [-0.2, 0) is 19.2 Å². The third kappa shape index (κ3) is 8.91. The fourth-order valence-corrected chi connectivity index (χ4v) is 1.68. The summed E-state index contributed by atoms with van der Waals surface area (Å²) in [6.07, 6.45) is 1.27. The molecule has 12 heteroatoms. The SMILES string of the molecule is CN(N=NCCCCN=NN(C)C(=O)C(=O)CBr)C(=O)C(=O)CBr. The van der Waals surface area contributed by atoms with Gasteiger partial charge in [-0.15, -0.1) is 0 Å². The number of hydrogen-bond donors (Lipinski definition) is 0. The molecule has 134 valence electrons. The van der Waals surface area contributed by atoms with Gasteiger partial charge in [-0.25, -0.2) is 10.0 Å². The van der Waals surface area contributed by atoms with Gasteiger partial charge in [0.05, 0.1) is 23.7 Å². The number of carbonyl (C=O) groups is 4. The lowest BCUT2D eigenvalue weighted by Gasteiger charge is -2.07. The molecule has 2 amide bonds. The zero-order valence-corrected chi connectivity index (χ0v) is 16.5. The molecule has 0 saturated carbocycles. The Morgan fingerprint density at radius 2 is 1.08 bits per heavy atom. The summed E-state index contributed by atoms with van der Waals surface area (Å²) in [4.78, 5) is 45.0. The smallest absolute Gasteiger partial charge is 0.288 e. The van der Waals surface area contributed by atoms with Crippen LogP contribution < -0.4 is 0 Å². The number of hydrogen-bond acceptors (Lipinski definition) is 8. The maximum atomic E-state index is 11.4. The monoisotopic (exact) mass is 468 g/mol. The summed E-state index contributed by atoms with van der Waals surface area (Å²) >= 11 is 5.80. The van der Waals surface area contributed by atoms with Crippen LogP contribution in [0.2, 0.25) is 0 Å². The van der Waals surface area contributed by atoms with Gasteiger partial charge in [0.25, 0.3) is 0 Å². The zero-order valence-electron chi connectivity index (χ0n) is 13.3. The minimum Gasteiger partial charge on any atom is -0.288 e. The number of carbonyl (C=O) groups excluding carboxylic acids is 4. The summed E-state index contributed by atoms with van der Waals surface area (Å²) in [6, 6.07) is 0. The molecular weight excluding hydrogens is 452 g/mol. The average Bonchev–Trinajstić information content (AvgIpc) is 2.60. The van der Waals surface area contributed by atoms with Crippen LogP contribution in [0, 0.1) is 0 Å². The minimum absolute atomic E-state index is 0.0606. The van der Waals surface area contributed by atoms with Crippen molar-refractivity contribution in [1.29, 1.82) is 0 Å². The molecule has 0 atom stereocenters. The van der Waals surface area contributed by atoms with Crippen LogP contribution in [0.1, 0.15) is 12.8 Å². The van der Waals surface area contributed by atoms with Gasteiger partial charge >= 0.3 is 11.8 Å². The minimum atomic E-state index is -0.741. The Morgan fingerprint density at radius 3 is 1.38 bits per heavy atom. The molecule has 0 aromatic rings. The molecule has 0 radical (unpaired) electrons. The first-order valence-electron chi connectivity index (χ1n) is 6.83. The maximum absolute atomic E-state index is 11.4. The molecule has 24 heavy (non-hydrogen) atoms. The highest BCUT2D eigenvalue weighted by molar-refractivity contribution is 9.09. The number of amides is 2. The molecule has 0 bridgehead atoms. The van der Waals surface area contributed by atoms with Crippen molar-refractivity contribution in [2.24, 2.45) is 20.7 Å². The Kier molecular flexibility index (Phi) is 12.0. The largest absolute Gasteiger partial charge is 0.312 e. The maximum Gasteiger partial charge on any atom is 0.312 e. The van der Waals surface area contributed by atoms with Crippen molar-refractivity contribution in [3.63, 3.8) is 0 Å². The quantitative estimate of drug-likeness (QED) is 0.149. The fraction of sp³-hybridized carbons (Fsp3) is 0.667. The number of nitrogens with zero attached hydrogens (tertiary/aromatic N) is 6. The van der Waals surface area contributed by atoms with Crippen LogP contribution in [-0.4, -0.2) is 71.2 Å². The van der Waals surface area contributed by atoms with E-state index in [1.54, 1.807) is 0 Å². The first-order valence-corrected chi connectivity index (χ1v) is 9.08. The number of likely N-dealkylation sites (N-methyl/N-ethyl adjacent to an activating group) is 2. The Balaban J connectivity index is 3.95. The lowest BCUT2D eigenvalue weighted by atomic mass is 10.3. The van der Waals surface area contributed by atoms with Gasteiger partial charge < -0.3 is 0 Å². The summed E-state index contributed by atoms with van der Waals surface area (Å²) in [5, 5.41) is 16.4. The van der Waals surface area contributed by atoms with Crippen molar-refractivity contribution in [2.75, 3.05) is 37.8 Å². The second-order valence-corrected chi connectivity index (χ2v) is 5.51. The van der Waals surface area contributed by atoms with Crippen LogP contribution in [0.5, 0.6) is 0 Å². The number of rotatable bonds is 11. The van der Waals surface area contributed by atoms with Gasteiger partial charge in [-0.2, -0.15) is 10.2 Å². The molecule has 0 unspecified atom stereocenters. The molecule has 0 heterocycles. The zero-order chi connectivity index (χ0) is 18.5. The van der Waals surface area contributed by atoms with Crippen molar-refractivity contribution in [1.82, 2.24) is 10.0 Å². The molecule has 0 rings (SSSR count). The van der Waals surface area contributed by atoms with Crippen LogP contribution in [0.25, 0.3) is 0 Å². The summed E-state index contributed by atoms with van der Waals surface area (Å²) in [6.45, 7) is 0.707. The van der Waals surface area contributed by atoms with E-state index in [9.17, 15) is 19.2 Å². The van der Waals surface area contributed by atoms with E-state index in [-0.39, 0.29) is 10.7 Å². The Hall–Kier alpha value is -1.56. The summed E-state index contributed by atoms with van der Waals surface area (Å²) in [5.41, 5.74) is 0. The van der Waals surface area contributed by atoms with Gasteiger partial charge in [-0.05, 0) is 12.8 Å². The molecule has 0 spiro atoms. The van der Waals surface area contributed by atoms with E-state index in [0.29, 0.717) is 25.9 Å². The highest BCUT2D eigenvalue weighted by atomic mass is 79.9. The molecule has 0 fully saturated rings. The van der Waals surface area contributed by atoms with E-state index in [0.717, 1.165) is 10.0 Å². The predicted molar refractivity (Wildman–Crippen MR) is 91.8 cm³/mol. The normalized spacial score (nSPS) is 11.0. The Bertz CT molecular complexity index is 480. The third-order valence-electron chi connectivity index (χ3n) is 2.47. The fourth-order valence-electron chi connectivity index (χ4n) is 1.20. The summed E-state index contributed by atoms with van der Waals surface area (Å²) < 4.78 is 0. The second kappa shape index (κ2) is 12.8. The van der Waals surface area contributed by atoms with Gasteiger partial charge in [-0.3, -0.25) is 19.2 Å². The van der Waals surface area contributed by atoms with E-state index in [4.69, 9.17) is 0 Å². The number of alkyl halides is 2. The van der Waals surface area contributed by atoms with Gasteiger partial charge in [0, 0.05) is 14.1 Å². The molecule has 0 aliphatic heterocycles. The molecule has 10 nitrogen and oxygen atoms in total. The third-order valence-corrected chi connectivity index (χ3v) is 3.49. The Labute approximate surface area is 155 Å². The van der Waals surface area contributed by atoms with Gasteiger partial charge in [0.1, 0.15) is 0 Å². The predicted octanol–water partition coefficient (Wildman–Crippen LogP) is 1.35.